The summed E-state index contributed by atoms with van der Waals surface area (Å²) in [5.74, 6) is -0.917. The molecule has 0 aromatic heterocycles. The van der Waals surface area contributed by atoms with Crippen molar-refractivity contribution in [2.75, 3.05) is 12.5 Å². The van der Waals surface area contributed by atoms with Gasteiger partial charge >= 0.3 is 51.4 Å². The van der Waals surface area contributed by atoms with Gasteiger partial charge in [0.1, 0.15) is 5.78 Å². The molecule has 0 aromatic carbocycles. The number of Topliss-reactive ketones (excluding diaryl/α,β-unsaturated/α-hetero) is 1. The first kappa shape index (κ1) is 23.7. The second-order valence-electron chi connectivity index (χ2n) is 2.14. The second-order valence-corrected chi connectivity index (χ2v) is 3.62. The fraction of sp³-hybridized carbons (Fsp3) is 0.714. The number of aliphatic carboxylic acids is 1. The molecule has 4 nitrogen and oxygen atoms in total. The van der Waals surface area contributed by atoms with E-state index in [0.29, 0.717) is 0 Å². The molecule has 0 rings (SSSR count). The van der Waals surface area contributed by atoms with E-state index in [1.54, 1.807) is 12.5 Å². The SMILES string of the molecule is CC(=O)[O-].CC(C)=O.C[S+](C)[O-].[K+]. The second kappa shape index (κ2) is 18.8. The van der Waals surface area contributed by atoms with Gasteiger partial charge < -0.3 is 19.2 Å². The number of carbonyl (C=O) groups excluding carboxylic acids is 2. The average Bonchev–Trinajstić information content (AvgIpc) is 1.54. The Morgan fingerprint density at radius 3 is 1.08 bits per heavy atom. The van der Waals surface area contributed by atoms with Crippen molar-refractivity contribution in [2.24, 2.45) is 0 Å². The molecule has 0 saturated heterocycles. The first-order valence-electron chi connectivity index (χ1n) is 3.10. The van der Waals surface area contributed by atoms with E-state index < -0.39 is 17.1 Å². The van der Waals surface area contributed by atoms with Gasteiger partial charge in [0.15, 0.2) is 0 Å². The molecule has 13 heavy (non-hydrogen) atoms. The van der Waals surface area contributed by atoms with Crippen LogP contribution in [0.1, 0.15) is 20.8 Å². The zero-order chi connectivity index (χ0) is 10.7. The van der Waals surface area contributed by atoms with E-state index >= 15 is 0 Å². The Morgan fingerprint density at radius 1 is 1.08 bits per heavy atom. The molecule has 74 valence electrons. The zero-order valence-corrected chi connectivity index (χ0v) is 13.0. The minimum atomic E-state index is -1.08. The van der Waals surface area contributed by atoms with Gasteiger partial charge in [-0.15, -0.1) is 0 Å². The summed E-state index contributed by atoms with van der Waals surface area (Å²) in [6.45, 7) is 4.03. The molecule has 0 aromatic rings. The Hall–Kier alpha value is 1.09. The molecule has 0 saturated carbocycles. The quantitative estimate of drug-likeness (QED) is 0.320. The Balaban J connectivity index is -0.0000000450. The molecular weight excluding hydrogens is 219 g/mol. The molecule has 0 aliphatic heterocycles. The summed E-state index contributed by atoms with van der Waals surface area (Å²) in [6.07, 6.45) is 3.28. The summed E-state index contributed by atoms with van der Waals surface area (Å²) >= 11 is -0.611. The summed E-state index contributed by atoms with van der Waals surface area (Å²) < 4.78 is 9.56. The van der Waals surface area contributed by atoms with Crippen molar-refractivity contribution < 1.29 is 70.6 Å². The molecule has 0 atom stereocenters. The van der Waals surface area contributed by atoms with Gasteiger partial charge in [0.25, 0.3) is 0 Å². The van der Waals surface area contributed by atoms with Gasteiger partial charge in [0, 0.05) is 5.97 Å². The van der Waals surface area contributed by atoms with Crippen molar-refractivity contribution in [1.82, 2.24) is 0 Å². The fourth-order valence-electron chi connectivity index (χ4n) is 0. The van der Waals surface area contributed by atoms with Crippen molar-refractivity contribution in [3.05, 3.63) is 0 Å². The maximum absolute atomic E-state index is 9.56. The van der Waals surface area contributed by atoms with Gasteiger partial charge in [-0.2, -0.15) is 0 Å². The predicted octanol–water partition coefficient (Wildman–Crippen LogP) is -3.65. The van der Waals surface area contributed by atoms with E-state index in [-0.39, 0.29) is 57.2 Å². The van der Waals surface area contributed by atoms with E-state index in [9.17, 15) is 9.35 Å². The first-order valence-corrected chi connectivity index (χ1v) is 5.06. The van der Waals surface area contributed by atoms with Crippen molar-refractivity contribution in [1.29, 1.82) is 0 Å². The molecule has 0 heterocycles. The molecule has 0 aliphatic rings. The van der Waals surface area contributed by atoms with Gasteiger partial charge in [0.05, 0.1) is 12.5 Å². The minimum Gasteiger partial charge on any atom is -0.617 e. The zero-order valence-electron chi connectivity index (χ0n) is 9.04. The van der Waals surface area contributed by atoms with Crippen molar-refractivity contribution >= 4 is 22.9 Å². The van der Waals surface area contributed by atoms with Crippen molar-refractivity contribution in [2.45, 2.75) is 20.8 Å². The van der Waals surface area contributed by atoms with Crippen LogP contribution in [-0.2, 0) is 20.8 Å². The molecule has 0 fully saturated rings. The number of carbonyl (C=O) groups is 2. The summed E-state index contributed by atoms with van der Waals surface area (Å²) in [5, 5.41) is 8.89. The Kier molecular flexibility index (Phi) is 34.3. The topological polar surface area (TPSA) is 80.3 Å². The molecular formula is C7H15KO4S. The maximum Gasteiger partial charge on any atom is 1.00 e. The summed E-state index contributed by atoms with van der Waals surface area (Å²) in [7, 11) is 0. The van der Waals surface area contributed by atoms with Crippen LogP contribution in [0.2, 0.25) is 0 Å². The van der Waals surface area contributed by atoms with Crippen LogP contribution in [0.3, 0.4) is 0 Å². The third kappa shape index (κ3) is 1360. The number of hydrogen-bond acceptors (Lipinski definition) is 4. The molecule has 6 heteroatoms. The summed E-state index contributed by atoms with van der Waals surface area (Å²) in [5.41, 5.74) is 0. The number of carboxylic acids is 1. The number of ketones is 1. The van der Waals surface area contributed by atoms with E-state index in [1.165, 1.54) is 13.8 Å². The van der Waals surface area contributed by atoms with Crippen LogP contribution in [0, 0.1) is 0 Å². The van der Waals surface area contributed by atoms with Gasteiger partial charge in [-0.3, -0.25) is 0 Å². The third-order valence-corrected chi connectivity index (χ3v) is 0. The number of carboxylic acid groups (broad SMARTS) is 1. The summed E-state index contributed by atoms with van der Waals surface area (Å²) in [4.78, 5) is 18.3. The molecule has 0 bridgehead atoms. The normalized spacial score (nSPS) is 6.69. The van der Waals surface area contributed by atoms with Crippen LogP contribution in [-0.4, -0.2) is 28.8 Å². The molecule has 0 N–H and O–H groups in total. The minimum absolute atomic E-state index is 0. The largest absolute Gasteiger partial charge is 1.00 e. The van der Waals surface area contributed by atoms with E-state index in [2.05, 4.69) is 0 Å². The van der Waals surface area contributed by atoms with E-state index in [4.69, 9.17) is 9.90 Å². The molecule has 0 radical (unpaired) electrons. The van der Waals surface area contributed by atoms with Gasteiger partial charge in [-0.1, -0.05) is 11.2 Å². The van der Waals surface area contributed by atoms with Crippen LogP contribution in [0.5, 0.6) is 0 Å². The van der Waals surface area contributed by atoms with Crippen molar-refractivity contribution in [3.63, 3.8) is 0 Å². The van der Waals surface area contributed by atoms with Gasteiger partial charge in [-0.25, -0.2) is 0 Å². The Morgan fingerprint density at radius 2 is 1.08 bits per heavy atom. The molecule has 0 aliphatic carbocycles. The Bertz CT molecular complexity index is 105. The smallest absolute Gasteiger partial charge is 0.617 e. The van der Waals surface area contributed by atoms with E-state index in [1.807, 2.05) is 0 Å². The van der Waals surface area contributed by atoms with Crippen molar-refractivity contribution in [3.8, 4) is 0 Å². The first-order chi connectivity index (χ1) is 5.20. The molecule has 0 unspecified atom stereocenters. The number of rotatable bonds is 0. The molecule has 0 spiro atoms. The Labute approximate surface area is 125 Å². The summed E-state index contributed by atoms with van der Waals surface area (Å²) in [6, 6.07) is 0. The third-order valence-electron chi connectivity index (χ3n) is 0. The van der Waals surface area contributed by atoms with Gasteiger partial charge in [-0.05, 0) is 20.8 Å². The van der Waals surface area contributed by atoms with Crippen LogP contribution >= 0.6 is 0 Å². The van der Waals surface area contributed by atoms with Crippen LogP contribution in [0.4, 0.5) is 0 Å². The predicted molar refractivity (Wildman–Crippen MR) is 47.0 cm³/mol. The van der Waals surface area contributed by atoms with Crippen LogP contribution in [0.25, 0.3) is 0 Å². The number of hydrogen-bond donors (Lipinski definition) is 0. The van der Waals surface area contributed by atoms with Crippen LogP contribution < -0.4 is 56.5 Å². The maximum atomic E-state index is 9.56. The van der Waals surface area contributed by atoms with Crippen LogP contribution in [0.15, 0.2) is 0 Å². The monoisotopic (exact) mass is 234 g/mol. The van der Waals surface area contributed by atoms with Gasteiger partial charge in [0.2, 0.25) is 0 Å². The molecule has 0 amide bonds. The fourth-order valence-corrected chi connectivity index (χ4v) is 0. The van der Waals surface area contributed by atoms with E-state index in [0.717, 1.165) is 6.92 Å². The standard InChI is InChI=1S/C3H6O.C2H4O2.C2H6OS.K/c1-3(2)4;1-2(3)4;1-4(2)3;/h1-2H3;1H3,(H,3,4);1-2H3;/q;;;+1/p-1. The average molecular weight is 234 g/mol.